The average molecular weight is 708 g/mol. The van der Waals surface area contributed by atoms with Crippen LogP contribution in [0.4, 0.5) is 0 Å². The second-order valence-electron chi connectivity index (χ2n) is 12.0. The normalized spacial score (nSPS) is 16.2. The minimum atomic E-state index is -2.94. The summed E-state index contributed by atoms with van der Waals surface area (Å²) in [5, 5.41) is 4.07. The van der Waals surface area contributed by atoms with Crippen LogP contribution < -0.4 is 67.0 Å². The van der Waals surface area contributed by atoms with Crippen molar-refractivity contribution >= 4 is 23.6 Å². The van der Waals surface area contributed by atoms with Crippen LogP contribution in [-0.2, 0) is 20.4 Å². The number of aryl methyl sites for hydroxylation is 6. The molecule has 1 aliphatic rings. The summed E-state index contributed by atoms with van der Waals surface area (Å²) in [5.41, 5.74) is 11.6. The van der Waals surface area contributed by atoms with Gasteiger partial charge in [0.05, 0.1) is 0 Å². The van der Waals surface area contributed by atoms with E-state index in [1.807, 2.05) is 0 Å². The van der Waals surface area contributed by atoms with Gasteiger partial charge in [0.1, 0.15) is 0 Å². The average Bonchev–Trinajstić information content (AvgIpc) is 3.09. The van der Waals surface area contributed by atoms with Gasteiger partial charge in [-0.25, -0.2) is 0 Å². The zero-order chi connectivity index (χ0) is 30.6. The van der Waals surface area contributed by atoms with Crippen molar-refractivity contribution in [2.24, 2.45) is 0 Å². The molecule has 3 aromatic carbocycles. The van der Waals surface area contributed by atoms with Crippen molar-refractivity contribution in [3.05, 3.63) is 90.4 Å². The van der Waals surface area contributed by atoms with Gasteiger partial charge in [-0.1, -0.05) is 0 Å². The molecule has 4 rings (SSSR count). The SMILES string of the molecule is COc1cc(C)c([Si](c2cc(C)c(OC)cc2C)(c2cc(C)c(OC)cc2C)C2(C)C(C)=C(C)C(C)=[C]2[Ti+3])cc1C.[Cl-].[Cl-].[Cl-]. The summed E-state index contributed by atoms with van der Waals surface area (Å²) in [6, 6.07) is 14.1. The number of benzene rings is 3. The summed E-state index contributed by atoms with van der Waals surface area (Å²) in [6.45, 7) is 22.9. The molecule has 0 fully saturated rings. The van der Waals surface area contributed by atoms with E-state index in [-0.39, 0.29) is 42.3 Å². The van der Waals surface area contributed by atoms with Crippen LogP contribution in [0.15, 0.2) is 57.0 Å². The van der Waals surface area contributed by atoms with E-state index >= 15 is 0 Å². The number of ether oxygens (including phenoxy) is 3. The first-order chi connectivity index (χ1) is 19.2. The molecule has 0 spiro atoms. The zero-order valence-corrected chi connectivity index (χ0v) is 33.2. The Labute approximate surface area is 296 Å². The fourth-order valence-electron chi connectivity index (χ4n) is 7.36. The third-order valence-corrected chi connectivity index (χ3v) is 17.9. The van der Waals surface area contributed by atoms with Crippen molar-refractivity contribution in [1.82, 2.24) is 0 Å². The monoisotopic (exact) mass is 706 g/mol. The fourth-order valence-corrected chi connectivity index (χ4v) is 15.9. The van der Waals surface area contributed by atoms with Gasteiger partial charge in [-0.15, -0.1) is 0 Å². The van der Waals surface area contributed by atoms with Crippen molar-refractivity contribution in [2.75, 3.05) is 21.3 Å². The van der Waals surface area contributed by atoms with Gasteiger partial charge >= 0.3 is 262 Å². The van der Waals surface area contributed by atoms with Crippen LogP contribution in [0.2, 0.25) is 5.04 Å². The van der Waals surface area contributed by atoms with Gasteiger partial charge in [0.2, 0.25) is 0 Å². The quantitative estimate of drug-likeness (QED) is 0.210. The first-order valence-corrected chi connectivity index (χ1v) is 17.1. The minimum Gasteiger partial charge on any atom is -1.00 e. The maximum atomic E-state index is 5.84. The van der Waals surface area contributed by atoms with E-state index in [0.29, 0.717) is 0 Å². The molecule has 0 saturated carbocycles. The topological polar surface area (TPSA) is 27.7 Å². The fraction of sp³-hybridized carbons (Fsp3) is 0.389. The van der Waals surface area contributed by atoms with E-state index in [1.54, 1.807) is 21.3 Å². The molecule has 0 N–H and O–H groups in total. The van der Waals surface area contributed by atoms with Crippen molar-refractivity contribution in [2.45, 2.75) is 74.3 Å². The summed E-state index contributed by atoms with van der Waals surface area (Å²) in [4.78, 5) is 0. The third kappa shape index (κ3) is 5.85. The van der Waals surface area contributed by atoms with Gasteiger partial charge in [-0.2, -0.15) is 0 Å². The third-order valence-electron chi connectivity index (χ3n) is 9.94. The molecule has 1 unspecified atom stereocenters. The van der Waals surface area contributed by atoms with E-state index in [4.69, 9.17) is 14.2 Å². The molecule has 1 atom stereocenters. The van der Waals surface area contributed by atoms with Gasteiger partial charge < -0.3 is 37.2 Å². The molecule has 1 aliphatic carbocycles. The van der Waals surface area contributed by atoms with Crippen LogP contribution in [0.1, 0.15) is 61.1 Å². The van der Waals surface area contributed by atoms with Gasteiger partial charge in [-0.3, -0.25) is 0 Å². The second kappa shape index (κ2) is 14.8. The van der Waals surface area contributed by atoms with E-state index in [9.17, 15) is 0 Å². The molecule has 0 aliphatic heterocycles. The molecule has 3 nitrogen and oxygen atoms in total. The number of rotatable bonds is 7. The van der Waals surface area contributed by atoms with E-state index in [2.05, 4.69) is 126 Å². The van der Waals surface area contributed by atoms with Gasteiger partial charge in [0.15, 0.2) is 0 Å². The molecule has 0 heterocycles. The first kappa shape index (κ1) is 40.4. The Bertz CT molecular complexity index is 1460. The summed E-state index contributed by atoms with van der Waals surface area (Å²) < 4.78 is 19.0. The minimum absolute atomic E-state index is 0. The molecular weight excluding hydrogens is 663 g/mol. The Balaban J connectivity index is 0.00000323. The zero-order valence-electron chi connectivity index (χ0n) is 28.3. The van der Waals surface area contributed by atoms with Crippen LogP contribution in [0.3, 0.4) is 0 Å². The van der Waals surface area contributed by atoms with Crippen LogP contribution >= 0.6 is 0 Å². The van der Waals surface area contributed by atoms with Crippen LogP contribution in [-0.4, -0.2) is 29.4 Å². The van der Waals surface area contributed by atoms with Crippen molar-refractivity contribution in [3.63, 3.8) is 0 Å². The number of hydrogen-bond acceptors (Lipinski definition) is 3. The molecule has 0 bridgehead atoms. The van der Waals surface area contributed by atoms with Gasteiger partial charge in [-0.05, 0) is 0 Å². The van der Waals surface area contributed by atoms with Gasteiger partial charge in [0, 0.05) is 0 Å². The maximum absolute atomic E-state index is 5.84. The Hall–Kier alpha value is -1.66. The number of methoxy groups -OCH3 is 3. The maximum Gasteiger partial charge on any atom is -1.00 e. The summed E-state index contributed by atoms with van der Waals surface area (Å²) >= 11 is 2.38. The second-order valence-corrected chi connectivity index (χ2v) is 16.9. The molecule has 0 amide bonds. The standard InChI is InChI=1S/C36H45O3Si.3ClH.Ti/c1-21-17-33(24(4)14-30(21)37-11)40(36(10)20-27(7)28(8)29(36)9,34-18-22(2)31(38-12)15-25(34)5)35-19-23(3)32(39-13)16-26(35)6;;;;/h14-19H,1-13H3;3*1H;/q;;;;+3/p-3. The summed E-state index contributed by atoms with van der Waals surface area (Å²) in [5.74, 6) is 2.80. The molecule has 236 valence electrons. The molecule has 8 heteroatoms. The van der Waals surface area contributed by atoms with Crippen LogP contribution in [0.5, 0.6) is 17.2 Å². The summed E-state index contributed by atoms with van der Waals surface area (Å²) in [6.07, 6.45) is 0. The van der Waals surface area contributed by atoms with E-state index in [0.717, 1.165) is 33.9 Å². The first-order valence-electron chi connectivity index (χ1n) is 14.3. The van der Waals surface area contributed by atoms with Crippen LogP contribution in [0, 0.1) is 41.5 Å². The Morgan fingerprint density at radius 1 is 0.500 bits per heavy atom. The van der Waals surface area contributed by atoms with E-state index in [1.165, 1.54) is 52.8 Å². The smallest absolute Gasteiger partial charge is 1.00 e. The number of allylic oxidation sites excluding steroid dienone is 4. The Kier molecular flexibility index (Phi) is 13.6. The van der Waals surface area contributed by atoms with Gasteiger partial charge in [0.25, 0.3) is 0 Å². The van der Waals surface area contributed by atoms with E-state index < -0.39 is 8.07 Å². The molecule has 0 saturated heterocycles. The van der Waals surface area contributed by atoms with Crippen LogP contribution in [0.25, 0.3) is 0 Å². The largest absolute Gasteiger partial charge is 1.00 e. The predicted octanol–water partition coefficient (Wildman–Crippen LogP) is -2.02. The number of hydrogen-bond donors (Lipinski definition) is 0. The Morgan fingerprint density at radius 2 is 0.795 bits per heavy atom. The molecule has 0 aromatic heterocycles. The molecule has 3 aromatic rings. The Morgan fingerprint density at radius 3 is 1.02 bits per heavy atom. The predicted molar refractivity (Wildman–Crippen MR) is 172 cm³/mol. The molecule has 0 radical (unpaired) electrons. The summed E-state index contributed by atoms with van der Waals surface area (Å²) in [7, 11) is 2.36. The molecular formula is C36H45Cl3O3SiTi. The molecule has 44 heavy (non-hydrogen) atoms. The number of halogens is 3. The van der Waals surface area contributed by atoms with Crippen molar-refractivity contribution < 1.29 is 71.9 Å². The van der Waals surface area contributed by atoms with Crippen molar-refractivity contribution in [1.29, 1.82) is 0 Å². The van der Waals surface area contributed by atoms with Crippen molar-refractivity contribution in [3.8, 4) is 17.2 Å².